The van der Waals surface area contributed by atoms with Gasteiger partial charge >= 0.3 is 5.97 Å². The summed E-state index contributed by atoms with van der Waals surface area (Å²) in [5.41, 5.74) is 9.36. The van der Waals surface area contributed by atoms with Crippen LogP contribution in [0.25, 0.3) is 0 Å². The van der Waals surface area contributed by atoms with Gasteiger partial charge in [0.15, 0.2) is 0 Å². The van der Waals surface area contributed by atoms with Crippen LogP contribution >= 0.6 is 0 Å². The van der Waals surface area contributed by atoms with Gasteiger partial charge in [0, 0.05) is 5.92 Å². The van der Waals surface area contributed by atoms with Crippen LogP contribution < -0.4 is 5.73 Å². The molecule has 2 atom stereocenters. The third-order valence-corrected chi connectivity index (χ3v) is 3.15. The zero-order valence-electron chi connectivity index (χ0n) is 10.3. The maximum Gasteiger partial charge on any atom is 0.323 e. The zero-order valence-corrected chi connectivity index (χ0v) is 10.3. The van der Waals surface area contributed by atoms with Crippen LogP contribution in [0.4, 0.5) is 0 Å². The summed E-state index contributed by atoms with van der Waals surface area (Å²) < 4.78 is 4.66. The third kappa shape index (κ3) is 2.42. The van der Waals surface area contributed by atoms with E-state index in [-0.39, 0.29) is 11.9 Å². The van der Waals surface area contributed by atoms with Crippen molar-refractivity contribution in [3.8, 4) is 0 Å². The van der Waals surface area contributed by atoms with E-state index in [0.29, 0.717) is 0 Å². The minimum absolute atomic E-state index is 0.0349. The van der Waals surface area contributed by atoms with Crippen molar-refractivity contribution in [1.82, 2.24) is 0 Å². The van der Waals surface area contributed by atoms with E-state index in [0.717, 1.165) is 5.56 Å². The van der Waals surface area contributed by atoms with E-state index in [1.165, 1.54) is 18.2 Å². The summed E-state index contributed by atoms with van der Waals surface area (Å²) in [5.74, 6) is -0.402. The molecule has 1 aromatic carbocycles. The number of benzene rings is 1. The number of ether oxygens (including phenoxy) is 1. The van der Waals surface area contributed by atoms with Crippen LogP contribution in [0, 0.1) is 13.8 Å². The van der Waals surface area contributed by atoms with Crippen LogP contribution in [0.2, 0.25) is 0 Å². The molecule has 2 N–H and O–H groups in total. The number of methoxy groups -OCH3 is 1. The number of carbonyl (C=O) groups excluding carboxylic acids is 1. The van der Waals surface area contributed by atoms with Crippen LogP contribution in [-0.2, 0) is 9.53 Å². The number of aryl methyl sites for hydroxylation is 1. The van der Waals surface area contributed by atoms with Crippen molar-refractivity contribution in [2.24, 2.45) is 5.73 Å². The van der Waals surface area contributed by atoms with Crippen molar-refractivity contribution < 1.29 is 9.53 Å². The molecule has 0 aliphatic heterocycles. The van der Waals surface area contributed by atoms with Gasteiger partial charge in [-0.15, -0.1) is 0 Å². The second-order valence-corrected chi connectivity index (χ2v) is 4.13. The molecule has 3 nitrogen and oxygen atoms in total. The monoisotopic (exact) mass is 221 g/mol. The fourth-order valence-electron chi connectivity index (χ4n) is 1.80. The smallest absolute Gasteiger partial charge is 0.323 e. The summed E-state index contributed by atoms with van der Waals surface area (Å²) in [6.45, 7) is 6.05. The number of nitrogens with two attached hydrogens (primary N) is 1. The van der Waals surface area contributed by atoms with Crippen molar-refractivity contribution in [2.75, 3.05) is 7.11 Å². The molecule has 0 aromatic heterocycles. The molecule has 0 radical (unpaired) electrons. The molecule has 88 valence electrons. The largest absolute Gasteiger partial charge is 0.468 e. The van der Waals surface area contributed by atoms with Crippen molar-refractivity contribution in [1.29, 1.82) is 0 Å². The molecular formula is C13H19NO2. The maximum atomic E-state index is 11.4. The molecule has 3 heteroatoms. The molecule has 0 fully saturated rings. The van der Waals surface area contributed by atoms with Crippen molar-refractivity contribution in [3.05, 3.63) is 34.9 Å². The first-order chi connectivity index (χ1) is 7.49. The molecule has 0 bridgehead atoms. The highest BCUT2D eigenvalue weighted by atomic mass is 16.5. The lowest BCUT2D eigenvalue weighted by atomic mass is 9.89. The summed E-state index contributed by atoms with van der Waals surface area (Å²) >= 11 is 0. The highest BCUT2D eigenvalue weighted by Gasteiger charge is 2.24. The van der Waals surface area contributed by atoms with Crippen molar-refractivity contribution in [3.63, 3.8) is 0 Å². The van der Waals surface area contributed by atoms with E-state index in [9.17, 15) is 4.79 Å². The Morgan fingerprint density at radius 2 is 2.00 bits per heavy atom. The van der Waals surface area contributed by atoms with Crippen LogP contribution in [0.1, 0.15) is 29.5 Å². The van der Waals surface area contributed by atoms with Crippen LogP contribution in [0.3, 0.4) is 0 Å². The lowest BCUT2D eigenvalue weighted by molar-refractivity contribution is -0.142. The van der Waals surface area contributed by atoms with E-state index in [2.05, 4.69) is 17.7 Å². The lowest BCUT2D eigenvalue weighted by Crippen LogP contribution is -2.36. The molecular weight excluding hydrogens is 202 g/mol. The van der Waals surface area contributed by atoms with Crippen molar-refractivity contribution in [2.45, 2.75) is 32.7 Å². The first-order valence-electron chi connectivity index (χ1n) is 5.38. The van der Waals surface area contributed by atoms with Gasteiger partial charge in [-0.1, -0.05) is 25.1 Å². The van der Waals surface area contributed by atoms with Gasteiger partial charge in [-0.05, 0) is 30.5 Å². The minimum Gasteiger partial charge on any atom is -0.468 e. The molecule has 0 spiro atoms. The molecule has 0 amide bonds. The Kier molecular flexibility index (Phi) is 4.07. The van der Waals surface area contributed by atoms with E-state index < -0.39 is 6.04 Å². The average molecular weight is 221 g/mol. The maximum absolute atomic E-state index is 11.4. The fourth-order valence-corrected chi connectivity index (χ4v) is 1.80. The first-order valence-corrected chi connectivity index (χ1v) is 5.38. The quantitative estimate of drug-likeness (QED) is 0.793. The molecule has 2 unspecified atom stereocenters. The Labute approximate surface area is 96.6 Å². The van der Waals surface area contributed by atoms with Gasteiger partial charge in [0.1, 0.15) is 6.04 Å². The third-order valence-electron chi connectivity index (χ3n) is 3.15. The Balaban J connectivity index is 3.00. The van der Waals surface area contributed by atoms with Gasteiger partial charge in [0.25, 0.3) is 0 Å². The normalized spacial score (nSPS) is 14.3. The van der Waals surface area contributed by atoms with Gasteiger partial charge in [-0.2, -0.15) is 0 Å². The second kappa shape index (κ2) is 5.12. The Morgan fingerprint density at radius 1 is 1.38 bits per heavy atom. The topological polar surface area (TPSA) is 52.3 Å². The van der Waals surface area contributed by atoms with Crippen LogP contribution in [0.15, 0.2) is 18.2 Å². The summed E-state index contributed by atoms with van der Waals surface area (Å²) in [7, 11) is 1.36. The number of carbonyl (C=O) groups is 1. The minimum atomic E-state index is -0.606. The van der Waals surface area contributed by atoms with E-state index in [4.69, 9.17) is 5.73 Å². The average Bonchev–Trinajstić information content (AvgIpc) is 2.29. The first kappa shape index (κ1) is 12.7. The highest BCUT2D eigenvalue weighted by Crippen LogP contribution is 2.24. The molecule has 0 saturated heterocycles. The van der Waals surface area contributed by atoms with Gasteiger partial charge in [-0.3, -0.25) is 4.79 Å². The molecule has 0 heterocycles. The van der Waals surface area contributed by atoms with E-state index in [1.807, 2.05) is 26.0 Å². The summed E-state index contributed by atoms with van der Waals surface area (Å²) in [4.78, 5) is 11.4. The number of hydrogen-bond donors (Lipinski definition) is 1. The fraction of sp³-hybridized carbons (Fsp3) is 0.462. The predicted octanol–water partition coefficient (Wildman–Crippen LogP) is 1.91. The van der Waals surface area contributed by atoms with Crippen LogP contribution in [0.5, 0.6) is 0 Å². The van der Waals surface area contributed by atoms with Crippen molar-refractivity contribution >= 4 is 5.97 Å². The Hall–Kier alpha value is -1.35. The lowest BCUT2D eigenvalue weighted by Gasteiger charge is -2.20. The second-order valence-electron chi connectivity index (χ2n) is 4.13. The SMILES string of the molecule is COC(=O)C(N)C(C)c1cccc(C)c1C. The summed E-state index contributed by atoms with van der Waals surface area (Å²) in [6, 6.07) is 5.44. The molecule has 16 heavy (non-hydrogen) atoms. The molecule has 1 aromatic rings. The molecule has 0 aliphatic rings. The number of esters is 1. The van der Waals surface area contributed by atoms with E-state index in [1.54, 1.807) is 0 Å². The highest BCUT2D eigenvalue weighted by molar-refractivity contribution is 5.76. The van der Waals surface area contributed by atoms with Gasteiger partial charge in [-0.25, -0.2) is 0 Å². The van der Waals surface area contributed by atoms with E-state index >= 15 is 0 Å². The zero-order chi connectivity index (χ0) is 12.3. The molecule has 0 aliphatic carbocycles. The summed E-state index contributed by atoms with van der Waals surface area (Å²) in [5, 5.41) is 0. The predicted molar refractivity (Wildman–Crippen MR) is 64.3 cm³/mol. The standard InChI is InChI=1S/C13H19NO2/c1-8-6-5-7-11(9(8)2)10(3)12(14)13(15)16-4/h5-7,10,12H,14H2,1-4H3. The van der Waals surface area contributed by atoms with Gasteiger partial charge in [0.05, 0.1) is 7.11 Å². The number of hydrogen-bond acceptors (Lipinski definition) is 3. The summed E-state index contributed by atoms with van der Waals surface area (Å²) in [6.07, 6.45) is 0. The van der Waals surface area contributed by atoms with Gasteiger partial charge < -0.3 is 10.5 Å². The Bertz CT molecular complexity index is 388. The molecule has 1 rings (SSSR count). The van der Waals surface area contributed by atoms with Gasteiger partial charge in [0.2, 0.25) is 0 Å². The number of rotatable bonds is 3. The Morgan fingerprint density at radius 3 is 2.56 bits per heavy atom. The van der Waals surface area contributed by atoms with Crippen LogP contribution in [-0.4, -0.2) is 19.1 Å². The molecule has 0 saturated carbocycles.